The second-order valence-corrected chi connectivity index (χ2v) is 5.41. The predicted molar refractivity (Wildman–Crippen MR) is 71.3 cm³/mol. The van der Waals surface area contributed by atoms with E-state index in [1.165, 1.54) is 51.3 Å². The van der Waals surface area contributed by atoms with Gasteiger partial charge in [-0.3, -0.25) is 0 Å². The Hall–Kier alpha value is -0.900. The Labute approximate surface area is 110 Å². The average Bonchev–Trinajstić information content (AvgIpc) is 2.78. The molecule has 0 spiro atoms. The molecule has 1 heterocycles. The second kappa shape index (κ2) is 7.52. The first-order valence-corrected chi connectivity index (χ1v) is 7.37. The molecule has 1 saturated carbocycles. The molecular weight excluding hydrogens is 226 g/mol. The first-order chi connectivity index (χ1) is 8.88. The molecule has 1 aromatic heterocycles. The van der Waals surface area contributed by atoms with Crippen LogP contribution in [0.2, 0.25) is 0 Å². The van der Waals surface area contributed by atoms with Crippen molar-refractivity contribution in [2.75, 3.05) is 6.54 Å². The molecule has 1 aliphatic carbocycles. The van der Waals surface area contributed by atoms with Crippen LogP contribution in [0.3, 0.4) is 0 Å². The van der Waals surface area contributed by atoms with Crippen LogP contribution in [0, 0.1) is 5.92 Å². The molecule has 1 N–H and O–H groups in total. The van der Waals surface area contributed by atoms with Gasteiger partial charge >= 0.3 is 0 Å². The van der Waals surface area contributed by atoms with E-state index in [1.54, 1.807) is 0 Å². The number of aromatic nitrogens is 2. The zero-order valence-electron chi connectivity index (χ0n) is 11.4. The van der Waals surface area contributed by atoms with Crippen molar-refractivity contribution in [2.45, 2.75) is 64.3 Å². The zero-order valence-corrected chi connectivity index (χ0v) is 11.4. The summed E-state index contributed by atoms with van der Waals surface area (Å²) in [5.74, 6) is 1.78. The van der Waals surface area contributed by atoms with Crippen LogP contribution in [0.15, 0.2) is 10.9 Å². The van der Waals surface area contributed by atoms with Gasteiger partial charge in [0, 0.05) is 19.0 Å². The monoisotopic (exact) mass is 251 g/mol. The number of nitrogens with one attached hydrogen (secondary N) is 1. The Morgan fingerprint density at radius 1 is 1.33 bits per heavy atom. The fraction of sp³-hybridized carbons (Fsp3) is 0.857. The topological polar surface area (TPSA) is 51.0 Å². The van der Waals surface area contributed by atoms with Crippen LogP contribution in [0.25, 0.3) is 0 Å². The van der Waals surface area contributed by atoms with Crippen molar-refractivity contribution in [3.8, 4) is 0 Å². The summed E-state index contributed by atoms with van der Waals surface area (Å²) in [5.41, 5.74) is 0. The van der Waals surface area contributed by atoms with E-state index in [2.05, 4.69) is 22.4 Å². The number of nitrogens with zero attached hydrogens (tertiary/aromatic N) is 2. The predicted octanol–water partition coefficient (Wildman–Crippen LogP) is 2.95. The molecule has 0 aliphatic heterocycles. The minimum absolute atomic E-state index is 0.693. The van der Waals surface area contributed by atoms with Gasteiger partial charge in [-0.1, -0.05) is 37.8 Å². The number of hydrogen-bond donors (Lipinski definition) is 1. The molecule has 4 nitrogen and oxygen atoms in total. The van der Waals surface area contributed by atoms with Gasteiger partial charge in [-0.2, -0.15) is 4.98 Å². The number of rotatable bonds is 6. The molecule has 2 rings (SSSR count). The quantitative estimate of drug-likeness (QED) is 0.790. The van der Waals surface area contributed by atoms with Gasteiger partial charge in [0.15, 0.2) is 5.82 Å². The molecular formula is C14H25N3O. The lowest BCUT2D eigenvalue weighted by molar-refractivity contribution is 0.402. The smallest absolute Gasteiger partial charge is 0.213 e. The summed E-state index contributed by atoms with van der Waals surface area (Å²) in [6.07, 6.45) is 11.9. The molecule has 0 saturated heterocycles. The fourth-order valence-electron chi connectivity index (χ4n) is 2.97. The van der Waals surface area contributed by atoms with Crippen LogP contribution in [-0.4, -0.2) is 22.7 Å². The average molecular weight is 251 g/mol. The van der Waals surface area contributed by atoms with Crippen LogP contribution < -0.4 is 5.32 Å². The molecule has 18 heavy (non-hydrogen) atoms. The van der Waals surface area contributed by atoms with Gasteiger partial charge in [0.25, 0.3) is 0 Å². The van der Waals surface area contributed by atoms with E-state index in [-0.39, 0.29) is 0 Å². The third kappa shape index (κ3) is 4.41. The van der Waals surface area contributed by atoms with Gasteiger partial charge in [-0.05, 0) is 25.2 Å². The maximum absolute atomic E-state index is 4.73. The normalized spacial score (nSPS) is 24.9. The fourth-order valence-corrected chi connectivity index (χ4v) is 2.97. The summed E-state index contributed by atoms with van der Waals surface area (Å²) in [6.45, 7) is 3.26. The largest absolute Gasteiger partial charge is 0.343 e. The third-order valence-electron chi connectivity index (χ3n) is 3.97. The SMILES string of the molecule is CCCC1CCCC(NCCc2ncon2)CC1. The van der Waals surface area contributed by atoms with E-state index in [4.69, 9.17) is 4.52 Å². The van der Waals surface area contributed by atoms with Gasteiger partial charge in [-0.25, -0.2) is 0 Å². The maximum atomic E-state index is 4.73. The second-order valence-electron chi connectivity index (χ2n) is 5.41. The Morgan fingerprint density at radius 3 is 3.06 bits per heavy atom. The molecule has 102 valence electrons. The summed E-state index contributed by atoms with van der Waals surface area (Å²) >= 11 is 0. The highest BCUT2D eigenvalue weighted by molar-refractivity contribution is 4.81. The highest BCUT2D eigenvalue weighted by Gasteiger charge is 2.17. The van der Waals surface area contributed by atoms with E-state index in [0.29, 0.717) is 6.04 Å². The van der Waals surface area contributed by atoms with Crippen molar-refractivity contribution in [1.29, 1.82) is 0 Å². The summed E-state index contributed by atoms with van der Waals surface area (Å²) < 4.78 is 4.73. The van der Waals surface area contributed by atoms with Gasteiger partial charge in [-0.15, -0.1) is 0 Å². The lowest BCUT2D eigenvalue weighted by Gasteiger charge is -2.16. The van der Waals surface area contributed by atoms with Crippen LogP contribution in [-0.2, 0) is 6.42 Å². The van der Waals surface area contributed by atoms with Crippen molar-refractivity contribution in [3.05, 3.63) is 12.2 Å². The molecule has 2 atom stereocenters. The van der Waals surface area contributed by atoms with Gasteiger partial charge < -0.3 is 9.84 Å². The summed E-state index contributed by atoms with van der Waals surface area (Å²) in [5, 5.41) is 7.47. The van der Waals surface area contributed by atoms with E-state index >= 15 is 0 Å². The lowest BCUT2D eigenvalue weighted by atomic mass is 9.95. The standard InChI is InChI=1S/C14H25N3O/c1-2-4-12-5-3-6-13(8-7-12)15-10-9-14-16-11-18-17-14/h11-13,15H,2-10H2,1H3. The molecule has 1 aromatic rings. The Bertz CT molecular complexity index is 313. The third-order valence-corrected chi connectivity index (χ3v) is 3.97. The molecule has 1 aliphatic rings. The van der Waals surface area contributed by atoms with Crippen molar-refractivity contribution in [1.82, 2.24) is 15.5 Å². The van der Waals surface area contributed by atoms with Crippen LogP contribution in [0.5, 0.6) is 0 Å². The van der Waals surface area contributed by atoms with Crippen molar-refractivity contribution in [3.63, 3.8) is 0 Å². The molecule has 0 bridgehead atoms. The van der Waals surface area contributed by atoms with Crippen molar-refractivity contribution < 1.29 is 4.52 Å². The summed E-state index contributed by atoms with van der Waals surface area (Å²) in [4.78, 5) is 4.04. The Morgan fingerprint density at radius 2 is 2.28 bits per heavy atom. The maximum Gasteiger partial charge on any atom is 0.213 e. The minimum Gasteiger partial charge on any atom is -0.343 e. The minimum atomic E-state index is 0.693. The van der Waals surface area contributed by atoms with Crippen molar-refractivity contribution in [2.24, 2.45) is 5.92 Å². The van der Waals surface area contributed by atoms with Gasteiger partial charge in [0.05, 0.1) is 0 Å². The highest BCUT2D eigenvalue weighted by atomic mass is 16.5. The first kappa shape index (κ1) is 13.5. The van der Waals surface area contributed by atoms with Crippen LogP contribution in [0.4, 0.5) is 0 Å². The Balaban J connectivity index is 1.64. The van der Waals surface area contributed by atoms with Gasteiger partial charge in [0.2, 0.25) is 6.39 Å². The molecule has 1 fully saturated rings. The molecule has 0 radical (unpaired) electrons. The highest BCUT2D eigenvalue weighted by Crippen LogP contribution is 2.26. The van der Waals surface area contributed by atoms with E-state index in [1.807, 2.05) is 0 Å². The summed E-state index contributed by atoms with van der Waals surface area (Å²) in [7, 11) is 0. The van der Waals surface area contributed by atoms with Crippen molar-refractivity contribution >= 4 is 0 Å². The lowest BCUT2D eigenvalue weighted by Crippen LogP contribution is -2.30. The van der Waals surface area contributed by atoms with E-state index in [0.717, 1.165) is 24.7 Å². The molecule has 4 heteroatoms. The van der Waals surface area contributed by atoms with Crippen LogP contribution >= 0.6 is 0 Å². The molecule has 0 amide bonds. The molecule has 2 unspecified atom stereocenters. The van der Waals surface area contributed by atoms with E-state index < -0.39 is 0 Å². The van der Waals surface area contributed by atoms with Crippen LogP contribution in [0.1, 0.15) is 57.7 Å². The number of hydrogen-bond acceptors (Lipinski definition) is 4. The first-order valence-electron chi connectivity index (χ1n) is 7.37. The van der Waals surface area contributed by atoms with Gasteiger partial charge in [0.1, 0.15) is 0 Å². The zero-order chi connectivity index (χ0) is 12.6. The van der Waals surface area contributed by atoms with E-state index in [9.17, 15) is 0 Å². The Kier molecular flexibility index (Phi) is 5.65. The summed E-state index contributed by atoms with van der Waals surface area (Å²) in [6, 6.07) is 0.693. The molecule has 0 aromatic carbocycles.